The third kappa shape index (κ3) is 8.80. The van der Waals surface area contributed by atoms with Crippen molar-refractivity contribution in [1.82, 2.24) is 5.32 Å². The molecule has 0 unspecified atom stereocenters. The summed E-state index contributed by atoms with van der Waals surface area (Å²) in [4.78, 5) is 40.1. The van der Waals surface area contributed by atoms with Crippen LogP contribution in [0, 0.1) is 0 Å². The van der Waals surface area contributed by atoms with E-state index in [1.165, 1.54) is 39.2 Å². The van der Waals surface area contributed by atoms with Crippen molar-refractivity contribution in [3.63, 3.8) is 0 Å². The third-order valence-electron chi connectivity index (χ3n) is 6.41. The van der Waals surface area contributed by atoms with Crippen molar-refractivity contribution in [2.24, 2.45) is 0 Å². The lowest BCUT2D eigenvalue weighted by atomic mass is 10.1. The number of rotatable bonds is 13. The maximum Gasteiger partial charge on any atom is 0.272 e. The van der Waals surface area contributed by atoms with Crippen molar-refractivity contribution in [3.8, 4) is 23.0 Å². The summed E-state index contributed by atoms with van der Waals surface area (Å²) in [5.74, 6) is 0.825. The van der Waals surface area contributed by atoms with Crippen LogP contribution in [0.5, 0.6) is 23.0 Å². The van der Waals surface area contributed by atoms with E-state index < -0.39 is 11.8 Å². The highest BCUT2D eigenvalue weighted by atomic mass is 32.2. The van der Waals surface area contributed by atoms with Gasteiger partial charge in [-0.2, -0.15) is 0 Å². The first kappa shape index (κ1) is 32.5. The molecule has 3 N–H and O–H groups in total. The largest absolute Gasteiger partial charge is 0.497 e. The molecule has 0 bridgehead atoms. The Kier molecular flexibility index (Phi) is 11.5. The second-order valence-electron chi connectivity index (χ2n) is 9.35. The lowest BCUT2D eigenvalue weighted by Crippen LogP contribution is -2.30. The fourth-order valence-electron chi connectivity index (χ4n) is 4.22. The van der Waals surface area contributed by atoms with E-state index in [-0.39, 0.29) is 17.4 Å². The maximum atomic E-state index is 13.6. The molecule has 11 heteroatoms. The van der Waals surface area contributed by atoms with E-state index in [9.17, 15) is 14.4 Å². The molecule has 3 amide bonds. The maximum absolute atomic E-state index is 13.6. The molecule has 4 aromatic rings. The van der Waals surface area contributed by atoms with E-state index >= 15 is 0 Å². The fourth-order valence-corrected chi connectivity index (χ4v) is 4.98. The van der Waals surface area contributed by atoms with Gasteiger partial charge in [0, 0.05) is 27.8 Å². The van der Waals surface area contributed by atoms with Crippen LogP contribution in [0.4, 0.5) is 11.4 Å². The van der Waals surface area contributed by atoms with E-state index in [4.69, 9.17) is 18.9 Å². The van der Waals surface area contributed by atoms with Gasteiger partial charge in [-0.05, 0) is 54.6 Å². The zero-order valence-corrected chi connectivity index (χ0v) is 26.0. The smallest absolute Gasteiger partial charge is 0.272 e. The molecular weight excluding hydrogens is 594 g/mol. The van der Waals surface area contributed by atoms with E-state index in [2.05, 4.69) is 16.0 Å². The zero-order chi connectivity index (χ0) is 32.2. The predicted molar refractivity (Wildman–Crippen MR) is 175 cm³/mol. The minimum atomic E-state index is -0.560. The number of nitrogens with one attached hydrogen (secondary N) is 3. The Morgan fingerprint density at radius 1 is 0.733 bits per heavy atom. The summed E-state index contributed by atoms with van der Waals surface area (Å²) >= 11 is 1.29. The van der Waals surface area contributed by atoms with Crippen molar-refractivity contribution in [2.75, 3.05) is 44.8 Å². The van der Waals surface area contributed by atoms with E-state index in [1.54, 1.807) is 92.0 Å². The van der Waals surface area contributed by atoms with Crippen LogP contribution in [0.15, 0.2) is 102 Å². The summed E-state index contributed by atoms with van der Waals surface area (Å²) in [7, 11) is 6.07. The van der Waals surface area contributed by atoms with E-state index in [1.807, 2.05) is 6.07 Å². The molecule has 4 rings (SSSR count). The number of para-hydroxylation sites is 1. The molecule has 0 aliphatic rings. The normalized spacial score (nSPS) is 10.8. The van der Waals surface area contributed by atoms with Crippen LogP contribution in [-0.4, -0.2) is 51.9 Å². The van der Waals surface area contributed by atoms with Gasteiger partial charge in [0.1, 0.15) is 17.2 Å². The zero-order valence-electron chi connectivity index (χ0n) is 25.2. The van der Waals surface area contributed by atoms with Crippen LogP contribution >= 0.6 is 11.8 Å². The first-order valence-electron chi connectivity index (χ1n) is 13.7. The van der Waals surface area contributed by atoms with Crippen molar-refractivity contribution < 1.29 is 33.3 Å². The van der Waals surface area contributed by atoms with Crippen molar-refractivity contribution in [1.29, 1.82) is 0 Å². The number of hydrogen-bond acceptors (Lipinski definition) is 8. The summed E-state index contributed by atoms with van der Waals surface area (Å²) in [5, 5.41) is 8.41. The number of hydrogen-bond donors (Lipinski definition) is 3. The molecule has 0 saturated heterocycles. The molecule has 45 heavy (non-hydrogen) atoms. The van der Waals surface area contributed by atoms with Gasteiger partial charge in [-0.1, -0.05) is 36.4 Å². The second kappa shape index (κ2) is 15.9. The van der Waals surface area contributed by atoms with Crippen molar-refractivity contribution in [2.45, 2.75) is 4.90 Å². The highest BCUT2D eigenvalue weighted by molar-refractivity contribution is 8.00. The summed E-state index contributed by atoms with van der Waals surface area (Å²) in [6.07, 6.45) is 1.52. The van der Waals surface area contributed by atoms with Crippen LogP contribution in [0.2, 0.25) is 0 Å². The van der Waals surface area contributed by atoms with Gasteiger partial charge in [0.15, 0.2) is 11.5 Å². The average Bonchev–Trinajstić information content (AvgIpc) is 3.07. The predicted octanol–water partition coefficient (Wildman–Crippen LogP) is 5.86. The van der Waals surface area contributed by atoms with Gasteiger partial charge in [-0.15, -0.1) is 11.8 Å². The molecule has 0 aliphatic heterocycles. The van der Waals surface area contributed by atoms with Gasteiger partial charge < -0.3 is 34.9 Å². The van der Waals surface area contributed by atoms with Gasteiger partial charge >= 0.3 is 0 Å². The number of carbonyl (C=O) groups excluding carboxylic acids is 3. The lowest BCUT2D eigenvalue weighted by Gasteiger charge is -2.14. The molecule has 0 aromatic heterocycles. The van der Waals surface area contributed by atoms with E-state index in [0.717, 1.165) is 4.90 Å². The monoisotopic (exact) mass is 627 g/mol. The molecule has 0 saturated carbocycles. The van der Waals surface area contributed by atoms with Crippen molar-refractivity contribution in [3.05, 3.63) is 108 Å². The van der Waals surface area contributed by atoms with Crippen LogP contribution in [0.3, 0.4) is 0 Å². The number of methoxy groups -OCH3 is 4. The SMILES string of the molecule is COc1ccc(NC(=O)CSc2cccc(NC(=O)/C(=C\c3cccc(OC)c3OC)NC(=O)c3ccccc3)c2)c(OC)c1. The number of amides is 3. The standard InChI is InChI=1S/C34H33N3O7S/c1-41-25-16-17-27(30(20-25)43-3)36-31(38)21-45-26-14-9-13-24(19-26)35-34(40)28(37-33(39)22-10-6-5-7-11-22)18-23-12-8-15-29(42-2)32(23)44-4/h5-20H,21H2,1-4H3,(H,35,40)(H,36,38)(H,37,39)/b28-18+. The summed E-state index contributed by atoms with van der Waals surface area (Å²) < 4.78 is 21.5. The van der Waals surface area contributed by atoms with Crippen LogP contribution < -0.4 is 34.9 Å². The molecule has 0 atom stereocenters. The number of anilines is 2. The molecular formula is C34H33N3O7S. The highest BCUT2D eigenvalue weighted by Crippen LogP contribution is 2.32. The Labute approximate surface area is 265 Å². The Bertz CT molecular complexity index is 1690. The molecule has 0 aliphatic carbocycles. The summed E-state index contributed by atoms with van der Waals surface area (Å²) in [6.45, 7) is 0. The Morgan fingerprint density at radius 3 is 2.20 bits per heavy atom. The number of carbonyl (C=O) groups is 3. The Balaban J connectivity index is 1.50. The number of thioether (sulfide) groups is 1. The molecule has 10 nitrogen and oxygen atoms in total. The quantitative estimate of drug-likeness (QED) is 0.124. The molecule has 0 radical (unpaired) electrons. The highest BCUT2D eigenvalue weighted by Gasteiger charge is 2.18. The average molecular weight is 628 g/mol. The Hall–Kier alpha value is -5.42. The van der Waals surface area contributed by atoms with Crippen LogP contribution in [-0.2, 0) is 9.59 Å². The van der Waals surface area contributed by atoms with Crippen molar-refractivity contribution >= 4 is 46.9 Å². The fraction of sp³-hybridized carbons (Fsp3) is 0.147. The van der Waals surface area contributed by atoms with Gasteiger partial charge in [-0.25, -0.2) is 0 Å². The summed E-state index contributed by atoms with van der Waals surface area (Å²) in [5.41, 5.74) is 1.90. The van der Waals surface area contributed by atoms with Gasteiger partial charge in [0.2, 0.25) is 5.91 Å². The minimum absolute atomic E-state index is 0.0127. The lowest BCUT2D eigenvalue weighted by molar-refractivity contribution is -0.114. The number of benzene rings is 4. The topological polar surface area (TPSA) is 124 Å². The summed E-state index contributed by atoms with van der Waals surface area (Å²) in [6, 6.07) is 26.0. The molecule has 232 valence electrons. The second-order valence-corrected chi connectivity index (χ2v) is 10.4. The van der Waals surface area contributed by atoms with Gasteiger partial charge in [-0.3, -0.25) is 14.4 Å². The van der Waals surface area contributed by atoms with Crippen LogP contribution in [0.25, 0.3) is 6.08 Å². The van der Waals surface area contributed by atoms with Crippen LogP contribution in [0.1, 0.15) is 15.9 Å². The van der Waals surface area contributed by atoms with E-state index in [0.29, 0.717) is 45.5 Å². The molecule has 4 aromatic carbocycles. The first-order valence-corrected chi connectivity index (χ1v) is 14.7. The molecule has 0 spiro atoms. The minimum Gasteiger partial charge on any atom is -0.497 e. The first-order chi connectivity index (χ1) is 21.8. The molecule has 0 heterocycles. The Morgan fingerprint density at radius 2 is 1.49 bits per heavy atom. The third-order valence-corrected chi connectivity index (χ3v) is 7.40. The van der Waals surface area contributed by atoms with Gasteiger partial charge in [0.25, 0.3) is 11.8 Å². The number of ether oxygens (including phenoxy) is 4. The molecule has 0 fully saturated rings. The van der Waals surface area contributed by atoms with Gasteiger partial charge in [0.05, 0.1) is 39.9 Å².